The van der Waals surface area contributed by atoms with Crippen molar-refractivity contribution in [3.05, 3.63) is 28.0 Å². The number of nitro groups is 1. The van der Waals surface area contributed by atoms with Crippen LogP contribution in [-0.4, -0.2) is 25.8 Å². The number of aromatic nitrogens is 2. The summed E-state index contributed by atoms with van der Waals surface area (Å²) in [6.45, 7) is 2.27. The molecule has 1 aromatic heterocycles. The molecular formula is C8H9N3O4. The molecule has 15 heavy (non-hydrogen) atoms. The van der Waals surface area contributed by atoms with E-state index in [1.807, 2.05) is 0 Å². The van der Waals surface area contributed by atoms with Gasteiger partial charge in [0.1, 0.15) is 0 Å². The number of aliphatic carboxylic acids is 1. The second-order valence-corrected chi connectivity index (χ2v) is 2.69. The van der Waals surface area contributed by atoms with E-state index in [1.165, 1.54) is 10.9 Å². The van der Waals surface area contributed by atoms with Crippen LogP contribution in [0.3, 0.4) is 0 Å². The van der Waals surface area contributed by atoms with Crippen molar-refractivity contribution in [3.8, 4) is 0 Å². The van der Waals surface area contributed by atoms with Gasteiger partial charge in [0.15, 0.2) is 0 Å². The topological polar surface area (TPSA) is 98.3 Å². The van der Waals surface area contributed by atoms with Crippen LogP contribution in [0.15, 0.2) is 12.3 Å². The van der Waals surface area contributed by atoms with E-state index in [0.29, 0.717) is 6.54 Å². The fourth-order valence-electron chi connectivity index (χ4n) is 1.01. The lowest BCUT2D eigenvalue weighted by molar-refractivity contribution is -0.390. The van der Waals surface area contributed by atoms with Crippen LogP contribution in [0, 0.1) is 10.1 Å². The molecule has 7 nitrogen and oxygen atoms in total. The lowest BCUT2D eigenvalue weighted by Gasteiger charge is -1.87. The summed E-state index contributed by atoms with van der Waals surface area (Å²) in [5.74, 6) is -1.50. The average Bonchev–Trinajstić information content (AvgIpc) is 2.57. The van der Waals surface area contributed by atoms with E-state index < -0.39 is 10.9 Å². The first-order valence-corrected chi connectivity index (χ1v) is 4.17. The zero-order chi connectivity index (χ0) is 11.4. The molecule has 0 aliphatic rings. The van der Waals surface area contributed by atoms with E-state index in [4.69, 9.17) is 5.11 Å². The van der Waals surface area contributed by atoms with Crippen molar-refractivity contribution in [2.75, 3.05) is 0 Å². The van der Waals surface area contributed by atoms with Gasteiger partial charge in [0.05, 0.1) is 23.4 Å². The van der Waals surface area contributed by atoms with Gasteiger partial charge in [-0.3, -0.25) is 0 Å². The summed E-state index contributed by atoms with van der Waals surface area (Å²) < 4.78 is 1.37. The summed E-state index contributed by atoms with van der Waals surface area (Å²) in [5, 5.41) is 22.6. The van der Waals surface area contributed by atoms with E-state index in [0.717, 1.165) is 12.2 Å². The van der Waals surface area contributed by atoms with Crippen LogP contribution in [0.4, 0.5) is 5.82 Å². The first-order chi connectivity index (χ1) is 7.04. The third-order valence-electron chi connectivity index (χ3n) is 1.67. The van der Waals surface area contributed by atoms with E-state index in [-0.39, 0.29) is 11.4 Å². The molecule has 1 rings (SSSR count). The smallest absolute Gasteiger partial charge is 0.397 e. The molecular weight excluding hydrogens is 202 g/mol. The van der Waals surface area contributed by atoms with Crippen molar-refractivity contribution >= 4 is 17.9 Å². The van der Waals surface area contributed by atoms with Crippen molar-refractivity contribution in [1.82, 2.24) is 9.78 Å². The van der Waals surface area contributed by atoms with Gasteiger partial charge >= 0.3 is 11.8 Å². The summed E-state index contributed by atoms with van der Waals surface area (Å²) >= 11 is 0. The first-order valence-electron chi connectivity index (χ1n) is 4.17. The normalized spacial score (nSPS) is 10.7. The zero-order valence-electron chi connectivity index (χ0n) is 7.95. The molecule has 0 amide bonds. The fraction of sp³-hybridized carbons (Fsp3) is 0.250. The van der Waals surface area contributed by atoms with Gasteiger partial charge in [0.25, 0.3) is 0 Å². The Morgan fingerprint density at radius 2 is 2.47 bits per heavy atom. The Morgan fingerprint density at radius 3 is 2.93 bits per heavy atom. The highest BCUT2D eigenvalue weighted by atomic mass is 16.6. The molecule has 0 aromatic carbocycles. The average molecular weight is 211 g/mol. The van der Waals surface area contributed by atoms with Crippen molar-refractivity contribution in [3.63, 3.8) is 0 Å². The highest BCUT2D eigenvalue weighted by molar-refractivity contribution is 5.85. The van der Waals surface area contributed by atoms with Gasteiger partial charge in [-0.1, -0.05) is 0 Å². The van der Waals surface area contributed by atoms with Gasteiger partial charge in [0.2, 0.25) is 0 Å². The van der Waals surface area contributed by atoms with Crippen LogP contribution in [0.25, 0.3) is 6.08 Å². The third kappa shape index (κ3) is 2.63. The maximum atomic E-state index is 10.5. The molecule has 0 atom stereocenters. The number of rotatable bonds is 4. The zero-order valence-corrected chi connectivity index (χ0v) is 7.95. The molecule has 0 spiro atoms. The lowest BCUT2D eigenvalue weighted by Crippen LogP contribution is -1.96. The van der Waals surface area contributed by atoms with E-state index in [2.05, 4.69) is 5.10 Å². The lowest BCUT2D eigenvalue weighted by atomic mass is 10.3. The molecule has 0 unspecified atom stereocenters. The summed E-state index contributed by atoms with van der Waals surface area (Å²) in [5.41, 5.74) is 0.184. The number of nitrogens with zero attached hydrogens (tertiary/aromatic N) is 3. The summed E-state index contributed by atoms with van der Waals surface area (Å²) in [6, 6.07) is 0. The van der Waals surface area contributed by atoms with Crippen molar-refractivity contribution in [1.29, 1.82) is 0 Å². The van der Waals surface area contributed by atoms with E-state index in [9.17, 15) is 14.9 Å². The number of hydrogen-bond acceptors (Lipinski definition) is 4. The SMILES string of the molecule is CCn1cc(/C=C/C(=O)O)c([N+](=O)[O-])n1. The monoisotopic (exact) mass is 211 g/mol. The number of hydrogen-bond donors (Lipinski definition) is 1. The Kier molecular flexibility index (Phi) is 3.17. The van der Waals surface area contributed by atoms with Crippen LogP contribution in [-0.2, 0) is 11.3 Å². The van der Waals surface area contributed by atoms with E-state index in [1.54, 1.807) is 6.92 Å². The van der Waals surface area contributed by atoms with Gasteiger partial charge in [-0.05, 0) is 17.9 Å². The summed E-state index contributed by atoms with van der Waals surface area (Å²) in [4.78, 5) is 20.1. The van der Waals surface area contributed by atoms with Gasteiger partial charge in [0, 0.05) is 6.08 Å². The highest BCUT2D eigenvalue weighted by Crippen LogP contribution is 2.17. The van der Waals surface area contributed by atoms with Crippen molar-refractivity contribution in [2.45, 2.75) is 13.5 Å². The summed E-state index contributed by atoms with van der Waals surface area (Å²) in [6.07, 6.45) is 3.42. The number of carboxylic acid groups (broad SMARTS) is 1. The fourth-order valence-corrected chi connectivity index (χ4v) is 1.01. The molecule has 0 aliphatic heterocycles. The largest absolute Gasteiger partial charge is 0.478 e. The van der Waals surface area contributed by atoms with Crippen molar-refractivity contribution < 1.29 is 14.8 Å². The van der Waals surface area contributed by atoms with Crippen molar-refractivity contribution in [2.24, 2.45) is 0 Å². The minimum atomic E-state index is -1.16. The van der Waals surface area contributed by atoms with E-state index >= 15 is 0 Å². The first kappa shape index (κ1) is 10.9. The quantitative estimate of drug-likeness (QED) is 0.453. The molecule has 0 fully saturated rings. The Hall–Kier alpha value is -2.18. The molecule has 7 heteroatoms. The Balaban J connectivity index is 3.09. The predicted octanol–water partition coefficient (Wildman–Crippen LogP) is 0.909. The highest BCUT2D eigenvalue weighted by Gasteiger charge is 2.17. The molecule has 0 saturated carbocycles. The standard InChI is InChI=1S/C8H9N3O4/c1-2-10-5-6(3-4-7(12)13)8(9-10)11(14)15/h3-5H,2H2,1H3,(H,12,13)/b4-3+. The Morgan fingerprint density at radius 1 is 1.80 bits per heavy atom. The number of carboxylic acids is 1. The molecule has 0 aliphatic carbocycles. The van der Waals surface area contributed by atoms with Crippen LogP contribution in [0.1, 0.15) is 12.5 Å². The molecule has 0 bridgehead atoms. The Labute approximate surface area is 84.8 Å². The molecule has 1 aromatic rings. The second-order valence-electron chi connectivity index (χ2n) is 2.69. The van der Waals surface area contributed by atoms with Gasteiger partial charge in [-0.15, -0.1) is 0 Å². The van der Waals surface area contributed by atoms with Crippen LogP contribution >= 0.6 is 0 Å². The number of carbonyl (C=O) groups is 1. The maximum absolute atomic E-state index is 10.5. The van der Waals surface area contributed by atoms with Crippen LogP contribution in [0.5, 0.6) is 0 Å². The molecule has 1 heterocycles. The predicted molar refractivity (Wildman–Crippen MR) is 51.2 cm³/mol. The molecule has 0 radical (unpaired) electrons. The summed E-state index contributed by atoms with van der Waals surface area (Å²) in [7, 11) is 0. The molecule has 1 N–H and O–H groups in total. The van der Waals surface area contributed by atoms with Gasteiger partial charge in [-0.25, -0.2) is 4.79 Å². The molecule has 80 valence electrons. The van der Waals surface area contributed by atoms with Crippen LogP contribution in [0.2, 0.25) is 0 Å². The second kappa shape index (κ2) is 4.36. The minimum Gasteiger partial charge on any atom is -0.478 e. The van der Waals surface area contributed by atoms with Gasteiger partial charge in [-0.2, -0.15) is 4.68 Å². The Bertz CT molecular complexity index is 422. The number of aryl methyl sites for hydroxylation is 1. The molecule has 0 saturated heterocycles. The van der Waals surface area contributed by atoms with Crippen LogP contribution < -0.4 is 0 Å². The van der Waals surface area contributed by atoms with Gasteiger partial charge < -0.3 is 15.2 Å². The maximum Gasteiger partial charge on any atom is 0.397 e. The minimum absolute atomic E-state index is 0.184. The third-order valence-corrected chi connectivity index (χ3v) is 1.67.